The van der Waals surface area contributed by atoms with Gasteiger partial charge in [-0.3, -0.25) is 9.78 Å². The first-order chi connectivity index (χ1) is 10.4. The van der Waals surface area contributed by atoms with Crippen molar-refractivity contribution in [2.45, 2.75) is 44.8 Å². The maximum atomic E-state index is 12.3. The molecule has 2 saturated heterocycles. The van der Waals surface area contributed by atoms with Gasteiger partial charge in [0.15, 0.2) is 0 Å². The Labute approximate surface area is 131 Å². The lowest BCUT2D eigenvalue weighted by Gasteiger charge is -2.39. The Morgan fingerprint density at radius 1 is 1.27 bits per heavy atom. The number of fused-ring (bicyclic) bond motifs is 1. The van der Waals surface area contributed by atoms with E-state index in [-0.39, 0.29) is 18.0 Å². The smallest absolute Gasteiger partial charge is 0.223 e. The average molecular weight is 323 g/mol. The number of amides is 1. The van der Waals surface area contributed by atoms with Gasteiger partial charge in [0, 0.05) is 30.7 Å². The Bertz CT molecular complexity index is 689. The fourth-order valence-electron chi connectivity index (χ4n) is 3.59. The molecule has 3 heterocycles. The third kappa shape index (κ3) is 2.87. The first kappa shape index (κ1) is 15.4. The molecule has 1 amide bonds. The van der Waals surface area contributed by atoms with Gasteiger partial charge in [-0.15, -0.1) is 0 Å². The van der Waals surface area contributed by atoms with Crippen LogP contribution < -0.4 is 0 Å². The Balaban J connectivity index is 1.83. The minimum absolute atomic E-state index is 0.0294. The van der Waals surface area contributed by atoms with Gasteiger partial charge in [-0.2, -0.15) is 4.31 Å². The van der Waals surface area contributed by atoms with Crippen LogP contribution in [0.4, 0.5) is 0 Å². The zero-order chi connectivity index (χ0) is 15.9. The standard InChI is InChI=1S/C15H21N3O3S/c1-11-4-3-5-12(16-11)10-17-13-8-9-18(22(2,20)21)14(13)6-7-15(17)19/h3-5,13-14H,6-10H2,1-2H3/t13-,14-/m1/s1. The molecule has 3 rings (SSSR count). The number of nitrogens with zero attached hydrogens (tertiary/aromatic N) is 3. The summed E-state index contributed by atoms with van der Waals surface area (Å²) in [4.78, 5) is 18.6. The van der Waals surface area contributed by atoms with Gasteiger partial charge in [0.1, 0.15) is 0 Å². The summed E-state index contributed by atoms with van der Waals surface area (Å²) in [6.07, 6.45) is 2.97. The van der Waals surface area contributed by atoms with Crippen molar-refractivity contribution in [3.63, 3.8) is 0 Å². The van der Waals surface area contributed by atoms with Gasteiger partial charge in [-0.1, -0.05) is 6.07 Å². The van der Waals surface area contributed by atoms with Crippen LogP contribution in [0.3, 0.4) is 0 Å². The molecule has 0 spiro atoms. The van der Waals surface area contributed by atoms with Crippen LogP contribution in [-0.2, 0) is 21.4 Å². The molecule has 120 valence electrons. The molecule has 0 radical (unpaired) electrons. The number of piperidine rings is 1. The van der Waals surface area contributed by atoms with Gasteiger partial charge >= 0.3 is 0 Å². The third-order valence-electron chi connectivity index (χ3n) is 4.54. The van der Waals surface area contributed by atoms with Crippen molar-refractivity contribution >= 4 is 15.9 Å². The highest BCUT2D eigenvalue weighted by Gasteiger charge is 2.46. The van der Waals surface area contributed by atoms with E-state index in [1.165, 1.54) is 6.26 Å². The summed E-state index contributed by atoms with van der Waals surface area (Å²) in [6.45, 7) is 2.88. The van der Waals surface area contributed by atoms with Crippen LogP contribution in [0.15, 0.2) is 18.2 Å². The zero-order valence-corrected chi connectivity index (χ0v) is 13.7. The summed E-state index contributed by atoms with van der Waals surface area (Å²) in [7, 11) is -3.21. The van der Waals surface area contributed by atoms with Crippen LogP contribution in [0.1, 0.15) is 30.7 Å². The first-order valence-corrected chi connectivity index (χ1v) is 9.40. The highest BCUT2D eigenvalue weighted by Crippen LogP contribution is 2.33. The highest BCUT2D eigenvalue weighted by molar-refractivity contribution is 7.88. The fourth-order valence-corrected chi connectivity index (χ4v) is 4.76. The zero-order valence-electron chi connectivity index (χ0n) is 12.9. The molecule has 22 heavy (non-hydrogen) atoms. The average Bonchev–Trinajstić information content (AvgIpc) is 2.86. The van der Waals surface area contributed by atoms with Crippen LogP contribution in [0, 0.1) is 6.92 Å². The maximum Gasteiger partial charge on any atom is 0.223 e. The van der Waals surface area contributed by atoms with Crippen molar-refractivity contribution in [2.24, 2.45) is 0 Å². The molecule has 0 saturated carbocycles. The summed E-state index contributed by atoms with van der Waals surface area (Å²) in [5, 5.41) is 0. The summed E-state index contributed by atoms with van der Waals surface area (Å²) < 4.78 is 25.3. The van der Waals surface area contributed by atoms with E-state index in [0.29, 0.717) is 32.4 Å². The van der Waals surface area contributed by atoms with E-state index in [4.69, 9.17) is 0 Å². The Hall–Kier alpha value is -1.47. The molecule has 0 aliphatic carbocycles. The van der Waals surface area contributed by atoms with E-state index in [1.807, 2.05) is 30.0 Å². The van der Waals surface area contributed by atoms with Gasteiger partial charge in [-0.25, -0.2) is 8.42 Å². The van der Waals surface area contributed by atoms with E-state index in [2.05, 4.69) is 4.98 Å². The lowest BCUT2D eigenvalue weighted by atomic mass is 9.96. The third-order valence-corrected chi connectivity index (χ3v) is 5.84. The van der Waals surface area contributed by atoms with Crippen molar-refractivity contribution in [3.05, 3.63) is 29.6 Å². The quantitative estimate of drug-likeness (QED) is 0.829. The molecule has 2 aliphatic rings. The molecule has 0 unspecified atom stereocenters. The number of hydrogen-bond acceptors (Lipinski definition) is 4. The van der Waals surface area contributed by atoms with Crippen molar-refractivity contribution in [2.75, 3.05) is 12.8 Å². The molecule has 0 bridgehead atoms. The molecule has 6 nitrogen and oxygen atoms in total. The van der Waals surface area contributed by atoms with E-state index >= 15 is 0 Å². The van der Waals surface area contributed by atoms with Crippen LogP contribution in [0.25, 0.3) is 0 Å². The number of hydrogen-bond donors (Lipinski definition) is 0. The largest absolute Gasteiger partial charge is 0.332 e. The minimum Gasteiger partial charge on any atom is -0.332 e. The van der Waals surface area contributed by atoms with Crippen LogP contribution in [0.5, 0.6) is 0 Å². The summed E-state index contributed by atoms with van der Waals surface area (Å²) in [6, 6.07) is 5.65. The van der Waals surface area contributed by atoms with Crippen LogP contribution in [-0.4, -0.2) is 53.4 Å². The van der Waals surface area contributed by atoms with E-state index in [1.54, 1.807) is 4.31 Å². The van der Waals surface area contributed by atoms with Gasteiger partial charge in [0.25, 0.3) is 0 Å². The Morgan fingerprint density at radius 3 is 2.73 bits per heavy atom. The molecule has 2 atom stereocenters. The van der Waals surface area contributed by atoms with E-state index in [9.17, 15) is 13.2 Å². The monoisotopic (exact) mass is 323 g/mol. The highest BCUT2D eigenvalue weighted by atomic mass is 32.2. The second-order valence-corrected chi connectivity index (χ2v) is 8.06. The van der Waals surface area contributed by atoms with Crippen LogP contribution >= 0.6 is 0 Å². The predicted molar refractivity (Wildman–Crippen MR) is 82.5 cm³/mol. The topological polar surface area (TPSA) is 70.6 Å². The number of carbonyl (C=O) groups excluding carboxylic acids is 1. The van der Waals surface area contributed by atoms with E-state index in [0.717, 1.165) is 11.4 Å². The number of aromatic nitrogens is 1. The molecule has 2 fully saturated rings. The Kier molecular flexibility index (Phi) is 3.94. The predicted octanol–water partition coefficient (Wildman–Crippen LogP) is 0.915. The normalized spacial score (nSPS) is 26.3. The summed E-state index contributed by atoms with van der Waals surface area (Å²) in [5.74, 6) is 0.0971. The van der Waals surface area contributed by atoms with Crippen molar-refractivity contribution < 1.29 is 13.2 Å². The van der Waals surface area contributed by atoms with Gasteiger partial charge < -0.3 is 4.90 Å². The number of carbonyl (C=O) groups is 1. The molecule has 2 aliphatic heterocycles. The second kappa shape index (κ2) is 5.62. The summed E-state index contributed by atoms with van der Waals surface area (Å²) in [5.41, 5.74) is 1.77. The van der Waals surface area contributed by atoms with Crippen LogP contribution in [0.2, 0.25) is 0 Å². The lowest BCUT2D eigenvalue weighted by molar-refractivity contribution is -0.138. The molecular weight excluding hydrogens is 302 g/mol. The van der Waals surface area contributed by atoms with Crippen molar-refractivity contribution in [1.82, 2.24) is 14.2 Å². The van der Waals surface area contributed by atoms with Crippen molar-refractivity contribution in [1.29, 1.82) is 0 Å². The SMILES string of the molecule is Cc1cccc(CN2C(=O)CC[C@@H]3[C@H]2CCN3S(C)(=O)=O)n1. The molecule has 0 N–H and O–H groups in total. The maximum absolute atomic E-state index is 12.3. The minimum atomic E-state index is -3.21. The van der Waals surface area contributed by atoms with Crippen molar-refractivity contribution in [3.8, 4) is 0 Å². The molecule has 7 heteroatoms. The number of likely N-dealkylation sites (tertiary alicyclic amines) is 1. The number of rotatable bonds is 3. The summed E-state index contributed by atoms with van der Waals surface area (Å²) >= 11 is 0. The number of pyridine rings is 1. The molecular formula is C15H21N3O3S. The molecule has 1 aromatic rings. The second-order valence-electron chi connectivity index (χ2n) is 6.13. The lowest BCUT2D eigenvalue weighted by Crippen LogP contribution is -2.52. The number of sulfonamides is 1. The van der Waals surface area contributed by atoms with Gasteiger partial charge in [-0.05, 0) is 31.9 Å². The van der Waals surface area contributed by atoms with Gasteiger partial charge in [0.2, 0.25) is 15.9 Å². The molecule has 0 aromatic carbocycles. The van der Waals surface area contributed by atoms with E-state index < -0.39 is 10.0 Å². The fraction of sp³-hybridized carbons (Fsp3) is 0.600. The van der Waals surface area contributed by atoms with Gasteiger partial charge in [0.05, 0.1) is 18.5 Å². The number of aryl methyl sites for hydroxylation is 1. The molecule has 1 aromatic heterocycles. The Morgan fingerprint density at radius 2 is 2.05 bits per heavy atom. The first-order valence-electron chi connectivity index (χ1n) is 7.55.